The topological polar surface area (TPSA) is 40.6 Å². The molecule has 1 fully saturated rings. The Kier molecular flexibility index (Phi) is 3.99. The lowest BCUT2D eigenvalue weighted by Gasteiger charge is -2.41. The van der Waals surface area contributed by atoms with Crippen molar-refractivity contribution in [2.75, 3.05) is 7.05 Å². The molecule has 1 aliphatic heterocycles. The number of benzene rings is 1. The van der Waals surface area contributed by atoms with E-state index in [1.165, 1.54) is 21.9 Å². The lowest BCUT2D eigenvalue weighted by molar-refractivity contribution is -0.159. The van der Waals surface area contributed by atoms with Gasteiger partial charge in [-0.2, -0.15) is 0 Å². The van der Waals surface area contributed by atoms with Gasteiger partial charge in [0.1, 0.15) is 17.9 Å². The van der Waals surface area contributed by atoms with Gasteiger partial charge in [-0.3, -0.25) is 9.59 Å². The van der Waals surface area contributed by atoms with Crippen LogP contribution in [0.15, 0.2) is 18.2 Å². The van der Waals surface area contributed by atoms with Crippen molar-refractivity contribution < 1.29 is 14.0 Å². The fourth-order valence-corrected chi connectivity index (χ4v) is 2.51. The lowest BCUT2D eigenvalue weighted by atomic mass is 10.1. The fraction of sp³-hybridized carbons (Fsp3) is 0.429. The van der Waals surface area contributed by atoms with E-state index in [1.807, 2.05) is 0 Å². The van der Waals surface area contributed by atoms with Crippen molar-refractivity contribution in [3.05, 3.63) is 34.6 Å². The van der Waals surface area contributed by atoms with Gasteiger partial charge >= 0.3 is 0 Å². The highest BCUT2D eigenvalue weighted by Gasteiger charge is 2.40. The molecule has 0 radical (unpaired) electrons. The molecule has 1 aromatic carbocycles. The first-order chi connectivity index (χ1) is 9.34. The van der Waals surface area contributed by atoms with Crippen LogP contribution < -0.4 is 0 Å². The molecule has 2 atom stereocenters. The molecule has 0 spiro atoms. The minimum absolute atomic E-state index is 0.00454. The van der Waals surface area contributed by atoms with E-state index in [0.717, 1.165) is 0 Å². The van der Waals surface area contributed by atoms with Gasteiger partial charge in [-0.05, 0) is 26.0 Å². The standard InChI is InChI=1S/C14H16ClFN2O2/c1-8-14(20)18(9(2)13(19)17(8)3)7-10-11(15)5-4-6-12(10)16/h4-6,8-9H,7H2,1-3H3/t8-,9-/m0/s1. The van der Waals surface area contributed by atoms with Crippen LogP contribution in [0.3, 0.4) is 0 Å². The Balaban J connectivity index is 2.32. The third kappa shape index (κ3) is 2.38. The van der Waals surface area contributed by atoms with Gasteiger partial charge in [0.2, 0.25) is 11.8 Å². The first kappa shape index (κ1) is 14.8. The maximum Gasteiger partial charge on any atom is 0.246 e. The SMILES string of the molecule is C[C@H]1C(=O)N(Cc2c(F)cccc2Cl)[C@@H](C)C(=O)N1C. The zero-order chi connectivity index (χ0) is 15.0. The molecule has 0 aliphatic carbocycles. The molecule has 2 amide bonds. The van der Waals surface area contributed by atoms with Crippen LogP contribution in [0.4, 0.5) is 4.39 Å². The minimum Gasteiger partial charge on any atom is -0.332 e. The zero-order valence-corrected chi connectivity index (χ0v) is 12.3. The highest BCUT2D eigenvalue weighted by molar-refractivity contribution is 6.31. The molecular weight excluding hydrogens is 283 g/mol. The quantitative estimate of drug-likeness (QED) is 0.838. The van der Waals surface area contributed by atoms with E-state index < -0.39 is 17.9 Å². The van der Waals surface area contributed by atoms with Crippen LogP contribution in [0, 0.1) is 5.82 Å². The summed E-state index contributed by atoms with van der Waals surface area (Å²) in [6.45, 7) is 3.29. The van der Waals surface area contributed by atoms with Gasteiger partial charge in [0, 0.05) is 17.6 Å². The second-order valence-electron chi connectivity index (χ2n) is 4.97. The van der Waals surface area contributed by atoms with Crippen LogP contribution >= 0.6 is 11.6 Å². The molecule has 1 aliphatic rings. The Bertz CT molecular complexity index is 544. The summed E-state index contributed by atoms with van der Waals surface area (Å²) >= 11 is 5.97. The van der Waals surface area contributed by atoms with Crippen molar-refractivity contribution in [3.63, 3.8) is 0 Å². The molecule has 1 saturated heterocycles. The Morgan fingerprint density at radius 1 is 1.20 bits per heavy atom. The van der Waals surface area contributed by atoms with Gasteiger partial charge in [0.25, 0.3) is 0 Å². The normalized spacial score (nSPS) is 23.4. The molecule has 1 aromatic rings. The molecule has 20 heavy (non-hydrogen) atoms. The van der Waals surface area contributed by atoms with Crippen molar-refractivity contribution in [1.29, 1.82) is 0 Å². The highest BCUT2D eigenvalue weighted by Crippen LogP contribution is 2.25. The van der Waals surface area contributed by atoms with E-state index in [0.29, 0.717) is 0 Å². The Labute approximate surface area is 122 Å². The molecule has 1 heterocycles. The highest BCUT2D eigenvalue weighted by atomic mass is 35.5. The smallest absolute Gasteiger partial charge is 0.246 e. The largest absolute Gasteiger partial charge is 0.332 e. The fourth-order valence-electron chi connectivity index (χ4n) is 2.28. The van der Waals surface area contributed by atoms with E-state index in [1.54, 1.807) is 27.0 Å². The monoisotopic (exact) mass is 298 g/mol. The predicted octanol–water partition coefficient (Wildman–Crippen LogP) is 2.06. The van der Waals surface area contributed by atoms with Gasteiger partial charge < -0.3 is 9.80 Å². The summed E-state index contributed by atoms with van der Waals surface area (Å²) in [6, 6.07) is 3.18. The lowest BCUT2D eigenvalue weighted by Crippen LogP contribution is -2.61. The Hall–Kier alpha value is -1.62. The number of carbonyl (C=O) groups is 2. The van der Waals surface area contributed by atoms with E-state index in [9.17, 15) is 14.0 Å². The van der Waals surface area contributed by atoms with Crippen molar-refractivity contribution in [2.24, 2.45) is 0 Å². The maximum absolute atomic E-state index is 13.8. The Morgan fingerprint density at radius 2 is 1.85 bits per heavy atom. The van der Waals surface area contributed by atoms with Gasteiger partial charge in [-0.15, -0.1) is 0 Å². The van der Waals surface area contributed by atoms with Gasteiger partial charge in [-0.25, -0.2) is 4.39 Å². The van der Waals surface area contributed by atoms with E-state index in [-0.39, 0.29) is 28.9 Å². The zero-order valence-electron chi connectivity index (χ0n) is 11.6. The van der Waals surface area contributed by atoms with E-state index in [4.69, 9.17) is 11.6 Å². The predicted molar refractivity (Wildman–Crippen MR) is 73.7 cm³/mol. The van der Waals surface area contributed by atoms with Crippen molar-refractivity contribution in [1.82, 2.24) is 9.80 Å². The van der Waals surface area contributed by atoms with E-state index >= 15 is 0 Å². The van der Waals surface area contributed by atoms with Crippen LogP contribution in [0.1, 0.15) is 19.4 Å². The number of halogens is 2. The number of amides is 2. The second-order valence-corrected chi connectivity index (χ2v) is 5.37. The molecule has 4 nitrogen and oxygen atoms in total. The summed E-state index contributed by atoms with van der Waals surface area (Å²) in [4.78, 5) is 27.1. The van der Waals surface area contributed by atoms with Gasteiger partial charge in [0.05, 0.1) is 6.54 Å². The first-order valence-corrected chi connectivity index (χ1v) is 6.72. The first-order valence-electron chi connectivity index (χ1n) is 6.34. The van der Waals surface area contributed by atoms with Gasteiger partial charge in [-0.1, -0.05) is 17.7 Å². The number of hydrogen-bond acceptors (Lipinski definition) is 2. The molecule has 0 unspecified atom stereocenters. The molecule has 0 aromatic heterocycles. The molecule has 2 rings (SSSR count). The molecule has 0 N–H and O–H groups in total. The van der Waals surface area contributed by atoms with Crippen LogP contribution in [0.2, 0.25) is 5.02 Å². The summed E-state index contributed by atoms with van der Waals surface area (Å²) in [6.07, 6.45) is 0. The number of nitrogens with zero attached hydrogens (tertiary/aromatic N) is 2. The summed E-state index contributed by atoms with van der Waals surface area (Å²) in [5, 5.41) is 0.254. The van der Waals surface area contributed by atoms with Crippen LogP contribution in [-0.4, -0.2) is 40.7 Å². The van der Waals surface area contributed by atoms with Crippen LogP contribution in [0.25, 0.3) is 0 Å². The van der Waals surface area contributed by atoms with Crippen LogP contribution in [-0.2, 0) is 16.1 Å². The third-order valence-electron chi connectivity index (χ3n) is 3.78. The van der Waals surface area contributed by atoms with Crippen molar-refractivity contribution in [3.8, 4) is 0 Å². The Morgan fingerprint density at radius 3 is 2.45 bits per heavy atom. The molecule has 6 heteroatoms. The number of rotatable bonds is 2. The van der Waals surface area contributed by atoms with E-state index in [2.05, 4.69) is 0 Å². The number of piperazine rings is 1. The third-order valence-corrected chi connectivity index (χ3v) is 4.14. The van der Waals surface area contributed by atoms with Crippen LogP contribution in [0.5, 0.6) is 0 Å². The number of hydrogen-bond donors (Lipinski definition) is 0. The van der Waals surface area contributed by atoms with Gasteiger partial charge in [0.15, 0.2) is 0 Å². The van der Waals surface area contributed by atoms with Crippen molar-refractivity contribution >= 4 is 23.4 Å². The van der Waals surface area contributed by atoms with Crippen molar-refractivity contribution in [2.45, 2.75) is 32.5 Å². The molecular formula is C14H16ClFN2O2. The summed E-state index contributed by atoms with van der Waals surface area (Å²) in [5.41, 5.74) is 0.235. The average Bonchev–Trinajstić information content (AvgIpc) is 2.42. The number of carbonyl (C=O) groups excluding carboxylic acids is 2. The number of likely N-dealkylation sites (N-methyl/N-ethyl adjacent to an activating group) is 1. The molecule has 108 valence electrons. The maximum atomic E-state index is 13.8. The summed E-state index contributed by atoms with van der Waals surface area (Å²) < 4.78 is 13.8. The summed E-state index contributed by atoms with van der Waals surface area (Å²) in [5.74, 6) is -0.847. The summed E-state index contributed by atoms with van der Waals surface area (Å²) in [7, 11) is 1.59. The second kappa shape index (κ2) is 5.40. The molecule has 0 saturated carbocycles. The molecule has 0 bridgehead atoms. The average molecular weight is 299 g/mol. The minimum atomic E-state index is -0.626.